The van der Waals surface area contributed by atoms with Crippen LogP contribution in [-0.4, -0.2) is 11.1 Å². The third kappa shape index (κ3) is 1.62. The van der Waals surface area contributed by atoms with E-state index >= 15 is 0 Å². The Bertz CT molecular complexity index is 521. The van der Waals surface area contributed by atoms with Crippen LogP contribution in [0.2, 0.25) is 5.02 Å². The van der Waals surface area contributed by atoms with Crippen LogP contribution in [0.15, 0.2) is 17.5 Å². The summed E-state index contributed by atoms with van der Waals surface area (Å²) < 4.78 is 1.78. The van der Waals surface area contributed by atoms with Crippen LogP contribution in [0, 0.1) is 3.57 Å². The van der Waals surface area contributed by atoms with Crippen molar-refractivity contribution in [2.75, 3.05) is 0 Å². The molecule has 1 aromatic carbocycles. The summed E-state index contributed by atoms with van der Waals surface area (Å²) in [6.07, 6.45) is 0. The van der Waals surface area contributed by atoms with Gasteiger partial charge in [-0.2, -0.15) is 0 Å². The van der Waals surface area contributed by atoms with E-state index in [-0.39, 0.29) is 0 Å². The van der Waals surface area contributed by atoms with Crippen molar-refractivity contribution in [1.82, 2.24) is 0 Å². The first-order valence-corrected chi connectivity index (χ1v) is 6.03. The molecule has 0 saturated carbocycles. The molecule has 0 saturated heterocycles. The predicted octanol–water partition coefficient (Wildman–Crippen LogP) is 3.86. The molecular formula is C9H4ClIO2S. The van der Waals surface area contributed by atoms with Gasteiger partial charge in [0.15, 0.2) is 0 Å². The molecule has 1 aromatic heterocycles. The maximum atomic E-state index is 10.8. The van der Waals surface area contributed by atoms with Crippen LogP contribution in [0.5, 0.6) is 0 Å². The Labute approximate surface area is 103 Å². The molecule has 0 bridgehead atoms. The van der Waals surface area contributed by atoms with Crippen molar-refractivity contribution in [2.24, 2.45) is 0 Å². The lowest BCUT2D eigenvalue weighted by atomic mass is 10.2. The third-order valence-electron chi connectivity index (χ3n) is 1.85. The summed E-state index contributed by atoms with van der Waals surface area (Å²) in [5.41, 5.74) is 0.347. The second kappa shape index (κ2) is 3.67. The van der Waals surface area contributed by atoms with Crippen molar-refractivity contribution >= 4 is 61.6 Å². The Morgan fingerprint density at radius 2 is 2.21 bits per heavy atom. The highest BCUT2D eigenvalue weighted by molar-refractivity contribution is 14.1. The highest BCUT2D eigenvalue weighted by atomic mass is 127. The van der Waals surface area contributed by atoms with E-state index in [0.717, 1.165) is 13.7 Å². The lowest BCUT2D eigenvalue weighted by Gasteiger charge is -1.97. The predicted molar refractivity (Wildman–Crippen MR) is 66.5 cm³/mol. The van der Waals surface area contributed by atoms with E-state index in [1.807, 2.05) is 0 Å². The van der Waals surface area contributed by atoms with Crippen molar-refractivity contribution in [3.63, 3.8) is 0 Å². The van der Waals surface area contributed by atoms with Gasteiger partial charge in [-0.25, -0.2) is 4.79 Å². The molecule has 0 aliphatic heterocycles. The van der Waals surface area contributed by atoms with Gasteiger partial charge >= 0.3 is 5.97 Å². The number of thiophene rings is 1. The molecular weight excluding hydrogens is 335 g/mol. The van der Waals surface area contributed by atoms with E-state index in [9.17, 15) is 4.79 Å². The van der Waals surface area contributed by atoms with E-state index in [0.29, 0.717) is 10.6 Å². The lowest BCUT2D eigenvalue weighted by molar-refractivity contribution is 0.0699. The van der Waals surface area contributed by atoms with Gasteiger partial charge in [0.1, 0.15) is 0 Å². The Hall–Kier alpha value is -0.330. The zero-order chi connectivity index (χ0) is 10.3. The molecule has 0 spiro atoms. The summed E-state index contributed by atoms with van der Waals surface area (Å²) >= 11 is 9.41. The quantitative estimate of drug-likeness (QED) is 0.802. The highest BCUT2D eigenvalue weighted by Crippen LogP contribution is 2.31. The smallest absolute Gasteiger partial charge is 0.337 e. The van der Waals surface area contributed by atoms with E-state index in [1.165, 1.54) is 11.3 Å². The van der Waals surface area contributed by atoms with Crippen LogP contribution in [0.3, 0.4) is 0 Å². The Balaban J connectivity index is 2.80. The average Bonchev–Trinajstić information content (AvgIpc) is 2.48. The van der Waals surface area contributed by atoms with E-state index in [4.69, 9.17) is 16.7 Å². The van der Waals surface area contributed by atoms with Gasteiger partial charge in [-0.15, -0.1) is 11.3 Å². The molecule has 0 unspecified atom stereocenters. The number of hydrogen-bond donors (Lipinski definition) is 1. The fourth-order valence-corrected chi connectivity index (χ4v) is 2.84. The molecule has 0 aliphatic rings. The van der Waals surface area contributed by atoms with Gasteiger partial charge in [-0.1, -0.05) is 11.6 Å². The SMILES string of the molecule is O=C(O)c1csc2cc(Cl)c(I)cc12. The van der Waals surface area contributed by atoms with Crippen molar-refractivity contribution < 1.29 is 9.90 Å². The molecule has 0 radical (unpaired) electrons. The van der Waals surface area contributed by atoms with Gasteiger partial charge in [0.2, 0.25) is 0 Å². The molecule has 0 aliphatic carbocycles. The van der Waals surface area contributed by atoms with Crippen LogP contribution in [-0.2, 0) is 0 Å². The molecule has 1 heterocycles. The largest absolute Gasteiger partial charge is 0.478 e. The molecule has 2 rings (SSSR count). The van der Waals surface area contributed by atoms with E-state index in [1.54, 1.807) is 17.5 Å². The van der Waals surface area contributed by atoms with Gasteiger partial charge in [-0.3, -0.25) is 0 Å². The number of rotatable bonds is 1. The molecule has 72 valence electrons. The summed E-state index contributed by atoms with van der Waals surface area (Å²) in [4.78, 5) is 10.8. The van der Waals surface area contributed by atoms with Gasteiger partial charge in [-0.05, 0) is 34.7 Å². The van der Waals surface area contributed by atoms with Crippen LogP contribution in [0.25, 0.3) is 10.1 Å². The van der Waals surface area contributed by atoms with Crippen molar-refractivity contribution in [3.05, 3.63) is 31.7 Å². The van der Waals surface area contributed by atoms with Crippen LogP contribution in [0.4, 0.5) is 0 Å². The molecule has 0 fully saturated rings. The average molecular weight is 339 g/mol. The molecule has 5 heteroatoms. The number of carbonyl (C=O) groups is 1. The summed E-state index contributed by atoms with van der Waals surface area (Å²) in [6.45, 7) is 0. The number of carboxylic acid groups (broad SMARTS) is 1. The summed E-state index contributed by atoms with van der Waals surface area (Å²) in [6, 6.07) is 3.61. The maximum absolute atomic E-state index is 10.8. The fourth-order valence-electron chi connectivity index (χ4n) is 1.19. The number of fused-ring (bicyclic) bond motifs is 1. The fraction of sp³-hybridized carbons (Fsp3) is 0. The summed E-state index contributed by atoms with van der Waals surface area (Å²) in [5.74, 6) is -0.894. The zero-order valence-corrected chi connectivity index (χ0v) is 10.5. The third-order valence-corrected chi connectivity index (χ3v) is 4.32. The van der Waals surface area contributed by atoms with Crippen LogP contribution >= 0.6 is 45.5 Å². The maximum Gasteiger partial charge on any atom is 0.337 e. The monoisotopic (exact) mass is 338 g/mol. The van der Waals surface area contributed by atoms with Gasteiger partial charge in [0, 0.05) is 19.0 Å². The molecule has 0 amide bonds. The second-order valence-corrected chi connectivity index (χ2v) is 5.20. The topological polar surface area (TPSA) is 37.3 Å². The molecule has 2 nitrogen and oxygen atoms in total. The second-order valence-electron chi connectivity index (χ2n) is 2.72. The summed E-state index contributed by atoms with van der Waals surface area (Å²) in [5, 5.41) is 12.0. The minimum atomic E-state index is -0.894. The molecule has 0 atom stereocenters. The van der Waals surface area contributed by atoms with Crippen molar-refractivity contribution in [3.8, 4) is 0 Å². The number of hydrogen-bond acceptors (Lipinski definition) is 2. The zero-order valence-electron chi connectivity index (χ0n) is 6.75. The van der Waals surface area contributed by atoms with Gasteiger partial charge in [0.25, 0.3) is 0 Å². The van der Waals surface area contributed by atoms with Gasteiger partial charge < -0.3 is 5.11 Å². The number of benzene rings is 1. The lowest BCUT2D eigenvalue weighted by Crippen LogP contribution is -1.93. The van der Waals surface area contributed by atoms with Crippen molar-refractivity contribution in [2.45, 2.75) is 0 Å². The normalized spacial score (nSPS) is 10.7. The molecule has 2 aromatic rings. The first kappa shape index (κ1) is 10.2. The van der Waals surface area contributed by atoms with Crippen LogP contribution in [0.1, 0.15) is 10.4 Å². The van der Waals surface area contributed by atoms with Crippen molar-refractivity contribution in [1.29, 1.82) is 0 Å². The minimum absolute atomic E-state index is 0.347. The molecule has 1 N–H and O–H groups in total. The Morgan fingerprint density at radius 1 is 1.50 bits per heavy atom. The minimum Gasteiger partial charge on any atom is -0.478 e. The number of aromatic carboxylic acids is 1. The summed E-state index contributed by atoms with van der Waals surface area (Å²) in [7, 11) is 0. The first-order valence-electron chi connectivity index (χ1n) is 3.69. The Morgan fingerprint density at radius 3 is 2.86 bits per heavy atom. The number of halogens is 2. The highest BCUT2D eigenvalue weighted by Gasteiger charge is 2.12. The van der Waals surface area contributed by atoms with Crippen LogP contribution < -0.4 is 0 Å². The first-order chi connectivity index (χ1) is 6.59. The van der Waals surface area contributed by atoms with E-state index in [2.05, 4.69) is 22.6 Å². The standard InChI is InChI=1S/C9H4ClIO2S/c10-6-2-8-4(1-7(6)11)5(3-14-8)9(12)13/h1-3H,(H,12,13). The number of carboxylic acids is 1. The van der Waals surface area contributed by atoms with Gasteiger partial charge in [0.05, 0.1) is 10.6 Å². The van der Waals surface area contributed by atoms with E-state index < -0.39 is 5.97 Å². The Kier molecular flexibility index (Phi) is 2.68. The molecule has 14 heavy (non-hydrogen) atoms.